The van der Waals surface area contributed by atoms with Crippen molar-refractivity contribution < 1.29 is 15.3 Å². The zero-order chi connectivity index (χ0) is 41.8. The number of azo groups is 3. The van der Waals surface area contributed by atoms with E-state index in [-0.39, 0.29) is 17.2 Å². The number of hydrogen-bond acceptors (Lipinski definition) is 9. The van der Waals surface area contributed by atoms with Crippen LogP contribution in [-0.4, -0.2) is 15.3 Å². The first-order valence-corrected chi connectivity index (χ1v) is 19.4. The fourth-order valence-corrected chi connectivity index (χ4v) is 6.80. The predicted molar refractivity (Wildman–Crippen MR) is 233 cm³/mol. The Kier molecular flexibility index (Phi) is 11.7. The summed E-state index contributed by atoms with van der Waals surface area (Å²) in [7, 11) is 0. The molecule has 0 aliphatic heterocycles. The molecule has 9 nitrogen and oxygen atoms in total. The van der Waals surface area contributed by atoms with E-state index in [0.29, 0.717) is 67.5 Å². The molecular formula is C49H52N6O3. The Morgan fingerprint density at radius 1 is 0.328 bits per heavy atom. The SMILES string of the molecule is CC(C)(C)c1cc(N=Nc2ccccc2)cc(C(c2cc(N=Nc3ccccc3)cc(C(C)(C)C)c2O)c2cc(N=Nc3ccccc3)cc(C(C)(C)C)c2O)c1O. The van der Waals surface area contributed by atoms with Crippen molar-refractivity contribution in [3.8, 4) is 17.2 Å². The Balaban J connectivity index is 1.72. The van der Waals surface area contributed by atoms with Crippen molar-refractivity contribution in [1.82, 2.24) is 0 Å². The van der Waals surface area contributed by atoms with Crippen molar-refractivity contribution in [3.63, 3.8) is 0 Å². The number of hydrogen-bond donors (Lipinski definition) is 3. The summed E-state index contributed by atoms with van der Waals surface area (Å²) in [5, 5.41) is 65.0. The summed E-state index contributed by atoms with van der Waals surface area (Å²) >= 11 is 0. The summed E-state index contributed by atoms with van der Waals surface area (Å²) in [6.07, 6.45) is 0. The predicted octanol–water partition coefficient (Wildman–Crippen LogP) is 15.1. The molecule has 0 spiro atoms. The number of nitrogens with zero attached hydrogens (tertiary/aromatic N) is 6. The number of phenolic OH excluding ortho intramolecular Hbond substituents is 3. The van der Waals surface area contributed by atoms with Gasteiger partial charge in [-0.1, -0.05) is 117 Å². The quantitative estimate of drug-likeness (QED) is 0.0997. The molecule has 0 radical (unpaired) electrons. The van der Waals surface area contributed by atoms with Crippen LogP contribution in [0, 0.1) is 0 Å². The van der Waals surface area contributed by atoms with Crippen LogP contribution in [0.1, 0.15) is 102 Å². The zero-order valence-corrected chi connectivity index (χ0v) is 34.7. The van der Waals surface area contributed by atoms with Crippen LogP contribution < -0.4 is 0 Å². The van der Waals surface area contributed by atoms with E-state index >= 15 is 0 Å². The van der Waals surface area contributed by atoms with Crippen LogP contribution in [0.5, 0.6) is 17.2 Å². The van der Waals surface area contributed by atoms with Gasteiger partial charge in [0.15, 0.2) is 0 Å². The number of rotatable bonds is 9. The molecule has 0 bridgehead atoms. The van der Waals surface area contributed by atoms with Gasteiger partial charge in [-0.3, -0.25) is 0 Å². The molecule has 0 atom stereocenters. The number of aromatic hydroxyl groups is 3. The van der Waals surface area contributed by atoms with Crippen LogP contribution in [0.15, 0.2) is 158 Å². The van der Waals surface area contributed by atoms with Gasteiger partial charge in [0.2, 0.25) is 0 Å². The molecule has 0 saturated heterocycles. The minimum Gasteiger partial charge on any atom is -0.507 e. The normalized spacial score (nSPS) is 13.2. The molecule has 3 N–H and O–H groups in total. The molecule has 0 aliphatic rings. The van der Waals surface area contributed by atoms with E-state index in [1.165, 1.54) is 0 Å². The molecule has 0 heterocycles. The second kappa shape index (κ2) is 16.5. The van der Waals surface area contributed by atoms with Crippen molar-refractivity contribution >= 4 is 34.1 Å². The average molecular weight is 773 g/mol. The molecule has 9 heteroatoms. The van der Waals surface area contributed by atoms with Crippen LogP contribution >= 0.6 is 0 Å². The first-order chi connectivity index (χ1) is 27.4. The Hall–Kier alpha value is -6.48. The first-order valence-electron chi connectivity index (χ1n) is 19.4. The third kappa shape index (κ3) is 9.54. The minimum absolute atomic E-state index is 0.00258. The first kappa shape index (κ1) is 41.2. The van der Waals surface area contributed by atoms with Crippen LogP contribution in [0.3, 0.4) is 0 Å². The van der Waals surface area contributed by atoms with Crippen molar-refractivity contribution in [2.24, 2.45) is 30.7 Å². The van der Waals surface area contributed by atoms with Gasteiger partial charge in [0.1, 0.15) is 17.2 Å². The van der Waals surface area contributed by atoms with Crippen LogP contribution in [0.25, 0.3) is 0 Å². The fraction of sp³-hybridized carbons (Fsp3) is 0.265. The van der Waals surface area contributed by atoms with E-state index < -0.39 is 22.2 Å². The third-order valence-corrected chi connectivity index (χ3v) is 9.84. The highest BCUT2D eigenvalue weighted by Gasteiger charge is 2.35. The van der Waals surface area contributed by atoms with Gasteiger partial charge in [-0.15, -0.1) is 0 Å². The number of benzene rings is 6. The van der Waals surface area contributed by atoms with Crippen LogP contribution in [-0.2, 0) is 16.2 Å². The molecule has 6 aromatic rings. The van der Waals surface area contributed by atoms with Crippen LogP contribution in [0.4, 0.5) is 34.1 Å². The molecule has 58 heavy (non-hydrogen) atoms. The molecule has 0 fully saturated rings. The largest absolute Gasteiger partial charge is 0.507 e. The van der Waals surface area contributed by atoms with Crippen molar-refractivity contribution in [3.05, 3.63) is 161 Å². The highest BCUT2D eigenvalue weighted by atomic mass is 16.3. The standard InChI is InChI=1S/C49H52N6O3/c1-47(2,3)40-28-34(53-50-31-19-13-10-14-20-31)25-37(44(40)56)43(38-26-35(29-41(45(38)57)48(4,5)6)54-51-32-21-15-11-16-22-32)39-27-36(30-42(46(39)58)49(7,8)9)55-52-33-23-17-12-18-24-33/h10-30,43,56-58H,1-9H3. The van der Waals surface area contributed by atoms with Crippen molar-refractivity contribution in [2.75, 3.05) is 0 Å². The molecule has 6 rings (SSSR count). The van der Waals surface area contributed by atoms with Gasteiger partial charge in [0, 0.05) is 39.3 Å². The van der Waals surface area contributed by atoms with Gasteiger partial charge in [0.25, 0.3) is 0 Å². The summed E-state index contributed by atoms with van der Waals surface area (Å²) < 4.78 is 0. The highest BCUT2D eigenvalue weighted by Crippen LogP contribution is 2.52. The minimum atomic E-state index is -0.978. The van der Waals surface area contributed by atoms with E-state index in [1.54, 1.807) is 18.2 Å². The van der Waals surface area contributed by atoms with Gasteiger partial charge in [-0.2, -0.15) is 30.7 Å². The van der Waals surface area contributed by atoms with Gasteiger partial charge in [-0.25, -0.2) is 0 Å². The lowest BCUT2D eigenvalue weighted by molar-refractivity contribution is 0.425. The van der Waals surface area contributed by atoms with Crippen molar-refractivity contribution in [1.29, 1.82) is 0 Å². The zero-order valence-electron chi connectivity index (χ0n) is 34.7. The monoisotopic (exact) mass is 772 g/mol. The summed E-state index contributed by atoms with van der Waals surface area (Å²) in [5.41, 5.74) is 4.85. The summed E-state index contributed by atoms with van der Waals surface area (Å²) in [6.45, 7) is 18.1. The van der Waals surface area contributed by atoms with E-state index in [0.717, 1.165) is 0 Å². The topological polar surface area (TPSA) is 135 Å². The van der Waals surface area contributed by atoms with Gasteiger partial charge in [-0.05, 0) is 89.0 Å². The Bertz CT molecular complexity index is 2200. The Morgan fingerprint density at radius 2 is 0.552 bits per heavy atom. The maximum atomic E-state index is 12.5. The molecule has 0 amide bonds. The molecule has 6 aromatic carbocycles. The molecule has 0 saturated carbocycles. The summed E-state index contributed by atoms with van der Waals surface area (Å²) in [5.74, 6) is -0.986. The summed E-state index contributed by atoms with van der Waals surface area (Å²) in [6, 6.07) is 39.1. The second-order valence-corrected chi connectivity index (χ2v) is 17.6. The Labute approximate surface area is 341 Å². The van der Waals surface area contributed by atoms with Crippen LogP contribution in [0.2, 0.25) is 0 Å². The van der Waals surface area contributed by atoms with E-state index in [4.69, 9.17) is 0 Å². The lowest BCUT2D eigenvalue weighted by Crippen LogP contribution is -2.17. The lowest BCUT2D eigenvalue weighted by Gasteiger charge is -2.30. The van der Waals surface area contributed by atoms with E-state index in [9.17, 15) is 15.3 Å². The smallest absolute Gasteiger partial charge is 0.123 e. The van der Waals surface area contributed by atoms with Crippen molar-refractivity contribution in [2.45, 2.75) is 84.5 Å². The van der Waals surface area contributed by atoms with Gasteiger partial charge < -0.3 is 15.3 Å². The van der Waals surface area contributed by atoms with Gasteiger partial charge >= 0.3 is 0 Å². The fourth-order valence-electron chi connectivity index (χ4n) is 6.80. The van der Waals surface area contributed by atoms with E-state index in [1.807, 2.05) is 172 Å². The average Bonchev–Trinajstić information content (AvgIpc) is 3.18. The maximum absolute atomic E-state index is 12.5. The second-order valence-electron chi connectivity index (χ2n) is 17.6. The third-order valence-electron chi connectivity index (χ3n) is 9.84. The summed E-state index contributed by atoms with van der Waals surface area (Å²) in [4.78, 5) is 0. The molecule has 0 aliphatic carbocycles. The molecule has 0 aromatic heterocycles. The van der Waals surface area contributed by atoms with E-state index in [2.05, 4.69) is 30.7 Å². The Morgan fingerprint density at radius 3 is 0.776 bits per heavy atom. The molecule has 0 unspecified atom stereocenters. The molecule has 296 valence electrons. The van der Waals surface area contributed by atoms with Gasteiger partial charge in [0.05, 0.1) is 34.1 Å². The lowest BCUT2D eigenvalue weighted by atomic mass is 9.75. The number of phenols is 3. The highest BCUT2D eigenvalue weighted by molar-refractivity contribution is 5.68. The maximum Gasteiger partial charge on any atom is 0.123 e. The molecular weight excluding hydrogens is 721 g/mol.